The van der Waals surface area contributed by atoms with Crippen molar-refractivity contribution in [1.82, 2.24) is 4.90 Å². The Morgan fingerprint density at radius 3 is 2.40 bits per heavy atom. The Hall–Kier alpha value is -0.540. The van der Waals surface area contributed by atoms with Crippen LogP contribution in [0.1, 0.15) is 5.56 Å². The highest BCUT2D eigenvalue weighted by Gasteiger charge is 2.14. The Balaban J connectivity index is 2.12. The van der Waals surface area contributed by atoms with Crippen molar-refractivity contribution >= 4 is 21.6 Å². The predicted octanol–water partition coefficient (Wildman–Crippen LogP) is 2.51. The fraction of sp³-hybridized carbons (Fsp3) is 0.500. The Bertz CT molecular complexity index is 343. The number of likely N-dealkylation sites (N-methyl/N-ethyl adjacent to an activating group) is 1. The minimum atomic E-state index is 1.14. The summed E-state index contributed by atoms with van der Waals surface area (Å²) >= 11 is 3.54. The van der Waals surface area contributed by atoms with Gasteiger partial charge in [-0.3, -0.25) is 0 Å². The van der Waals surface area contributed by atoms with Gasteiger partial charge in [-0.25, -0.2) is 0 Å². The van der Waals surface area contributed by atoms with Crippen LogP contribution in [0.4, 0.5) is 5.69 Å². The molecule has 15 heavy (non-hydrogen) atoms. The van der Waals surface area contributed by atoms with E-state index in [0.29, 0.717) is 0 Å². The fourth-order valence-corrected chi connectivity index (χ4v) is 2.14. The smallest absolute Gasteiger partial charge is 0.0370 e. The summed E-state index contributed by atoms with van der Waals surface area (Å²) in [5.41, 5.74) is 2.66. The number of benzene rings is 1. The van der Waals surface area contributed by atoms with Crippen LogP contribution in [0.2, 0.25) is 0 Å². The van der Waals surface area contributed by atoms with Crippen LogP contribution in [-0.4, -0.2) is 38.1 Å². The maximum Gasteiger partial charge on any atom is 0.0370 e. The number of nitrogens with zero attached hydrogens (tertiary/aromatic N) is 2. The number of piperazine rings is 1. The highest BCUT2D eigenvalue weighted by molar-refractivity contribution is 9.10. The molecule has 1 fully saturated rings. The summed E-state index contributed by atoms with van der Waals surface area (Å²) in [7, 11) is 2.18. The number of hydrogen-bond donors (Lipinski definition) is 0. The molecule has 1 aliphatic heterocycles. The van der Waals surface area contributed by atoms with Crippen LogP contribution < -0.4 is 4.90 Å². The molecule has 0 atom stereocenters. The minimum Gasteiger partial charge on any atom is -0.369 e. The molecular formula is C12H17BrN2. The molecule has 0 unspecified atom stereocenters. The highest BCUT2D eigenvalue weighted by atomic mass is 79.9. The molecule has 0 saturated carbocycles. The maximum atomic E-state index is 3.54. The Morgan fingerprint density at radius 2 is 1.80 bits per heavy atom. The normalized spacial score (nSPS) is 18.2. The van der Waals surface area contributed by atoms with Crippen molar-refractivity contribution in [3.8, 4) is 0 Å². The van der Waals surface area contributed by atoms with Gasteiger partial charge in [-0.15, -0.1) is 0 Å². The van der Waals surface area contributed by atoms with E-state index in [9.17, 15) is 0 Å². The van der Waals surface area contributed by atoms with Gasteiger partial charge in [0.25, 0.3) is 0 Å². The van der Waals surface area contributed by atoms with E-state index in [4.69, 9.17) is 0 Å². The molecule has 82 valence electrons. The Labute approximate surface area is 100 Å². The number of anilines is 1. The third-order valence-electron chi connectivity index (χ3n) is 3.01. The van der Waals surface area contributed by atoms with E-state index in [1.54, 1.807) is 0 Å². The van der Waals surface area contributed by atoms with Gasteiger partial charge in [0.1, 0.15) is 0 Å². The van der Waals surface area contributed by atoms with Gasteiger partial charge < -0.3 is 9.80 Å². The first-order chi connectivity index (χ1) is 7.16. The van der Waals surface area contributed by atoms with Crippen LogP contribution >= 0.6 is 15.9 Å². The molecule has 2 nitrogen and oxygen atoms in total. The number of hydrogen-bond acceptors (Lipinski definition) is 2. The molecule has 1 aromatic rings. The van der Waals surface area contributed by atoms with Crippen molar-refractivity contribution in [1.29, 1.82) is 0 Å². The van der Waals surface area contributed by atoms with Crippen molar-refractivity contribution in [2.24, 2.45) is 0 Å². The van der Waals surface area contributed by atoms with E-state index in [1.807, 2.05) is 0 Å². The van der Waals surface area contributed by atoms with Crippen molar-refractivity contribution in [3.63, 3.8) is 0 Å². The van der Waals surface area contributed by atoms with Gasteiger partial charge in [-0.1, -0.05) is 15.9 Å². The van der Waals surface area contributed by atoms with Crippen LogP contribution in [0.25, 0.3) is 0 Å². The first-order valence-electron chi connectivity index (χ1n) is 5.36. The molecule has 0 radical (unpaired) electrons. The van der Waals surface area contributed by atoms with Crippen molar-refractivity contribution in [2.45, 2.75) is 6.92 Å². The monoisotopic (exact) mass is 268 g/mol. The average molecular weight is 269 g/mol. The molecule has 2 rings (SSSR count). The summed E-state index contributed by atoms with van der Waals surface area (Å²) in [5.74, 6) is 0. The molecule has 1 heterocycles. The van der Waals surface area contributed by atoms with E-state index >= 15 is 0 Å². The summed E-state index contributed by atoms with van der Waals surface area (Å²) in [6, 6.07) is 6.60. The highest BCUT2D eigenvalue weighted by Crippen LogP contribution is 2.23. The summed E-state index contributed by atoms with van der Waals surface area (Å²) in [5, 5.41) is 0. The third kappa shape index (κ3) is 2.52. The van der Waals surface area contributed by atoms with Gasteiger partial charge in [0.05, 0.1) is 0 Å². The van der Waals surface area contributed by atoms with Crippen LogP contribution in [-0.2, 0) is 0 Å². The van der Waals surface area contributed by atoms with Crippen molar-refractivity contribution in [3.05, 3.63) is 28.2 Å². The summed E-state index contributed by atoms with van der Waals surface area (Å²) < 4.78 is 1.19. The zero-order chi connectivity index (χ0) is 10.8. The van der Waals surface area contributed by atoms with Crippen LogP contribution in [0.15, 0.2) is 22.7 Å². The van der Waals surface area contributed by atoms with E-state index in [1.165, 1.54) is 15.7 Å². The van der Waals surface area contributed by atoms with Crippen molar-refractivity contribution in [2.75, 3.05) is 38.1 Å². The first-order valence-corrected chi connectivity index (χ1v) is 6.16. The molecular weight excluding hydrogens is 252 g/mol. The maximum absolute atomic E-state index is 3.54. The van der Waals surface area contributed by atoms with Gasteiger partial charge in [0.15, 0.2) is 0 Å². The molecule has 0 amide bonds. The lowest BCUT2D eigenvalue weighted by molar-refractivity contribution is 0.313. The van der Waals surface area contributed by atoms with Crippen LogP contribution in [0.5, 0.6) is 0 Å². The number of rotatable bonds is 1. The second kappa shape index (κ2) is 4.54. The molecule has 0 aliphatic carbocycles. The fourth-order valence-electron chi connectivity index (χ4n) is 1.89. The molecule has 0 bridgehead atoms. The van der Waals surface area contributed by atoms with Gasteiger partial charge in [-0.05, 0) is 37.7 Å². The zero-order valence-electron chi connectivity index (χ0n) is 9.33. The molecule has 1 saturated heterocycles. The standard InChI is InChI=1S/C12H17BrN2/c1-10-9-11(3-4-12(10)13)15-7-5-14(2)6-8-15/h3-4,9H,5-8H2,1-2H3. The van der Waals surface area contributed by atoms with E-state index in [0.717, 1.165) is 26.2 Å². The van der Waals surface area contributed by atoms with Gasteiger partial charge in [0.2, 0.25) is 0 Å². The van der Waals surface area contributed by atoms with Gasteiger partial charge >= 0.3 is 0 Å². The predicted molar refractivity (Wildman–Crippen MR) is 68.6 cm³/mol. The summed E-state index contributed by atoms with van der Waals surface area (Å²) in [6.07, 6.45) is 0. The summed E-state index contributed by atoms with van der Waals surface area (Å²) in [4.78, 5) is 4.83. The lowest BCUT2D eigenvalue weighted by Gasteiger charge is -2.34. The lowest BCUT2D eigenvalue weighted by atomic mass is 10.2. The molecule has 3 heteroatoms. The Morgan fingerprint density at radius 1 is 1.13 bits per heavy atom. The van der Waals surface area contributed by atoms with Crippen molar-refractivity contribution < 1.29 is 0 Å². The van der Waals surface area contributed by atoms with Crippen LogP contribution in [0, 0.1) is 6.92 Å². The Kier molecular flexibility index (Phi) is 3.32. The third-order valence-corrected chi connectivity index (χ3v) is 3.90. The quantitative estimate of drug-likeness (QED) is 0.773. The van der Waals surface area contributed by atoms with Gasteiger partial charge in [-0.2, -0.15) is 0 Å². The SMILES string of the molecule is Cc1cc(N2CCN(C)CC2)ccc1Br. The number of aryl methyl sites for hydroxylation is 1. The number of halogens is 1. The minimum absolute atomic E-state index is 1.14. The second-order valence-corrected chi connectivity index (χ2v) is 5.08. The lowest BCUT2D eigenvalue weighted by Crippen LogP contribution is -2.44. The largest absolute Gasteiger partial charge is 0.369 e. The average Bonchev–Trinajstić information content (AvgIpc) is 2.23. The van der Waals surface area contributed by atoms with E-state index in [-0.39, 0.29) is 0 Å². The van der Waals surface area contributed by atoms with E-state index < -0.39 is 0 Å². The first kappa shape index (κ1) is 11.0. The van der Waals surface area contributed by atoms with Crippen LogP contribution in [0.3, 0.4) is 0 Å². The van der Waals surface area contributed by atoms with E-state index in [2.05, 4.69) is 57.9 Å². The summed E-state index contributed by atoms with van der Waals surface area (Å²) in [6.45, 7) is 6.74. The molecule has 1 aromatic carbocycles. The molecule has 0 aromatic heterocycles. The topological polar surface area (TPSA) is 6.48 Å². The molecule has 0 N–H and O–H groups in total. The van der Waals surface area contributed by atoms with Gasteiger partial charge in [0, 0.05) is 36.3 Å². The second-order valence-electron chi connectivity index (χ2n) is 4.22. The molecule has 1 aliphatic rings. The zero-order valence-corrected chi connectivity index (χ0v) is 10.9. The molecule has 0 spiro atoms.